The third kappa shape index (κ3) is 4.86. The molecule has 0 aliphatic rings. The van der Waals surface area contributed by atoms with Crippen molar-refractivity contribution < 1.29 is 14.0 Å². The third-order valence-electron chi connectivity index (χ3n) is 1.74. The van der Waals surface area contributed by atoms with Crippen LogP contribution in [-0.4, -0.2) is 8.94 Å². The van der Waals surface area contributed by atoms with Gasteiger partial charge in [-0.3, -0.25) is 0 Å². The van der Waals surface area contributed by atoms with Gasteiger partial charge >= 0.3 is 8.25 Å². The van der Waals surface area contributed by atoms with Crippen LogP contribution in [-0.2, 0) is 4.57 Å². The molecule has 0 radical (unpaired) electrons. The molecule has 2 N–H and O–H groups in total. The Balaban J connectivity index is 2.60. The standard InChI is InChI=1S/C9H13INO3P/c1-2-9(10)11-7-3-5-8(6-4-7)14-15(12)13/h3-6,9,11,15H,2H2,1H3,(H,12,13). The first kappa shape index (κ1) is 12.8. The molecule has 0 aliphatic heterocycles. The first-order chi connectivity index (χ1) is 7.11. The van der Waals surface area contributed by atoms with Crippen LogP contribution in [0.15, 0.2) is 24.3 Å². The van der Waals surface area contributed by atoms with Crippen molar-refractivity contribution >= 4 is 36.5 Å². The summed E-state index contributed by atoms with van der Waals surface area (Å²) in [5, 5.41) is 3.27. The number of hydrogen-bond acceptors (Lipinski definition) is 3. The number of rotatable bonds is 5. The van der Waals surface area contributed by atoms with Gasteiger partial charge in [0.15, 0.2) is 0 Å². The average Bonchev–Trinajstić information content (AvgIpc) is 2.20. The van der Waals surface area contributed by atoms with E-state index in [0.717, 1.165) is 12.1 Å². The summed E-state index contributed by atoms with van der Waals surface area (Å²) in [6.07, 6.45) is 1.03. The lowest BCUT2D eigenvalue weighted by Crippen LogP contribution is -2.09. The molecule has 15 heavy (non-hydrogen) atoms. The van der Waals surface area contributed by atoms with E-state index in [0.29, 0.717) is 9.80 Å². The molecule has 0 saturated carbocycles. The molecule has 1 rings (SSSR count). The van der Waals surface area contributed by atoms with Crippen molar-refractivity contribution in [2.75, 3.05) is 5.32 Å². The zero-order valence-corrected chi connectivity index (χ0v) is 11.4. The van der Waals surface area contributed by atoms with Gasteiger partial charge in [-0.25, -0.2) is 4.57 Å². The Morgan fingerprint density at radius 3 is 2.60 bits per heavy atom. The molecule has 1 aromatic carbocycles. The first-order valence-corrected chi connectivity index (χ1v) is 7.04. The summed E-state index contributed by atoms with van der Waals surface area (Å²) in [7, 11) is -2.90. The third-order valence-corrected chi connectivity index (χ3v) is 3.34. The van der Waals surface area contributed by atoms with Crippen LogP contribution < -0.4 is 9.84 Å². The summed E-state index contributed by atoms with van der Waals surface area (Å²) in [6.45, 7) is 2.10. The van der Waals surface area contributed by atoms with E-state index in [4.69, 9.17) is 4.89 Å². The molecule has 0 bridgehead atoms. The van der Waals surface area contributed by atoms with E-state index >= 15 is 0 Å². The summed E-state index contributed by atoms with van der Waals surface area (Å²) in [5.74, 6) is 0.411. The molecular formula is C9H13INO3P. The number of halogens is 1. The van der Waals surface area contributed by atoms with E-state index in [1.807, 2.05) is 12.1 Å². The maximum Gasteiger partial charge on any atom is 0.365 e. The second-order valence-corrected chi connectivity index (χ2v) is 5.15. The molecule has 2 unspecified atom stereocenters. The van der Waals surface area contributed by atoms with Crippen LogP contribution in [0.3, 0.4) is 0 Å². The summed E-state index contributed by atoms with van der Waals surface area (Å²) in [4.78, 5) is 8.57. The minimum absolute atomic E-state index is 0.381. The number of anilines is 1. The van der Waals surface area contributed by atoms with Gasteiger partial charge in [-0.1, -0.05) is 29.5 Å². The highest BCUT2D eigenvalue weighted by molar-refractivity contribution is 14.1. The van der Waals surface area contributed by atoms with E-state index in [1.165, 1.54) is 0 Å². The van der Waals surface area contributed by atoms with Crippen molar-refractivity contribution in [3.05, 3.63) is 24.3 Å². The minimum Gasteiger partial charge on any atom is -0.426 e. The van der Waals surface area contributed by atoms with E-state index < -0.39 is 8.25 Å². The molecule has 0 spiro atoms. The Hall–Kier alpha value is -0.260. The Labute approximate surface area is 103 Å². The highest BCUT2D eigenvalue weighted by atomic mass is 127. The van der Waals surface area contributed by atoms with Crippen LogP contribution >= 0.6 is 30.8 Å². The van der Waals surface area contributed by atoms with Crippen molar-refractivity contribution in [2.24, 2.45) is 0 Å². The highest BCUT2D eigenvalue weighted by Gasteiger charge is 2.01. The Morgan fingerprint density at radius 1 is 1.53 bits per heavy atom. The topological polar surface area (TPSA) is 58.6 Å². The molecule has 0 heterocycles. The quantitative estimate of drug-likeness (QED) is 0.374. The SMILES string of the molecule is CCC(I)Nc1ccc(O[PH](=O)O)cc1. The van der Waals surface area contributed by atoms with Crippen LogP contribution in [0.2, 0.25) is 0 Å². The Kier molecular flexibility index (Phi) is 5.42. The predicted molar refractivity (Wildman–Crippen MR) is 70.0 cm³/mol. The zero-order valence-electron chi connectivity index (χ0n) is 8.24. The van der Waals surface area contributed by atoms with Gasteiger partial charge in [0.05, 0.1) is 4.05 Å². The van der Waals surface area contributed by atoms with Gasteiger partial charge in [0, 0.05) is 5.69 Å². The van der Waals surface area contributed by atoms with E-state index in [1.54, 1.807) is 12.1 Å². The van der Waals surface area contributed by atoms with Gasteiger partial charge in [-0.05, 0) is 30.7 Å². The summed E-state index contributed by atoms with van der Waals surface area (Å²) >= 11 is 2.31. The van der Waals surface area contributed by atoms with E-state index in [2.05, 4.69) is 39.4 Å². The second kappa shape index (κ2) is 6.35. The molecule has 0 saturated heterocycles. The molecule has 0 aromatic heterocycles. The molecular weight excluding hydrogens is 328 g/mol. The Morgan fingerprint density at radius 2 is 2.13 bits per heavy atom. The largest absolute Gasteiger partial charge is 0.426 e. The lowest BCUT2D eigenvalue weighted by molar-refractivity contribution is 0.410. The fourth-order valence-electron chi connectivity index (χ4n) is 1.00. The number of nitrogens with one attached hydrogen (secondary N) is 1. The number of benzene rings is 1. The Bertz CT molecular complexity index is 331. The molecule has 0 amide bonds. The van der Waals surface area contributed by atoms with Crippen LogP contribution in [0.1, 0.15) is 13.3 Å². The minimum atomic E-state index is -2.90. The molecule has 6 heteroatoms. The molecule has 0 aliphatic carbocycles. The lowest BCUT2D eigenvalue weighted by Gasteiger charge is -2.11. The zero-order chi connectivity index (χ0) is 11.3. The monoisotopic (exact) mass is 341 g/mol. The average molecular weight is 341 g/mol. The summed E-state index contributed by atoms with van der Waals surface area (Å²) < 4.78 is 15.5. The van der Waals surface area contributed by atoms with Crippen molar-refractivity contribution in [2.45, 2.75) is 17.4 Å². The van der Waals surface area contributed by atoms with Gasteiger partial charge in [0.2, 0.25) is 0 Å². The number of hydrogen-bond donors (Lipinski definition) is 2. The number of alkyl halides is 1. The summed E-state index contributed by atoms with van der Waals surface area (Å²) in [6, 6.07) is 6.98. The molecule has 1 aromatic rings. The first-order valence-electron chi connectivity index (χ1n) is 4.53. The molecule has 4 nitrogen and oxygen atoms in total. The van der Waals surface area contributed by atoms with E-state index in [9.17, 15) is 4.57 Å². The smallest absolute Gasteiger partial charge is 0.365 e. The normalized spacial score (nSPS) is 14.3. The molecule has 2 atom stereocenters. The van der Waals surface area contributed by atoms with Crippen LogP contribution in [0, 0.1) is 0 Å². The van der Waals surface area contributed by atoms with Gasteiger partial charge in [-0.15, -0.1) is 0 Å². The van der Waals surface area contributed by atoms with Crippen molar-refractivity contribution in [3.63, 3.8) is 0 Å². The van der Waals surface area contributed by atoms with Crippen molar-refractivity contribution in [1.82, 2.24) is 0 Å². The molecule has 0 fully saturated rings. The highest BCUT2D eigenvalue weighted by Crippen LogP contribution is 2.24. The van der Waals surface area contributed by atoms with Crippen LogP contribution in [0.5, 0.6) is 5.75 Å². The molecule has 84 valence electrons. The van der Waals surface area contributed by atoms with Crippen LogP contribution in [0.25, 0.3) is 0 Å². The van der Waals surface area contributed by atoms with Crippen LogP contribution in [0.4, 0.5) is 5.69 Å². The fourth-order valence-corrected chi connectivity index (χ4v) is 1.70. The predicted octanol–water partition coefficient (Wildman–Crippen LogP) is 3.03. The van der Waals surface area contributed by atoms with Gasteiger partial charge < -0.3 is 14.7 Å². The van der Waals surface area contributed by atoms with Gasteiger partial charge in [0.25, 0.3) is 0 Å². The van der Waals surface area contributed by atoms with Gasteiger partial charge in [-0.2, -0.15) is 0 Å². The lowest BCUT2D eigenvalue weighted by atomic mass is 10.3. The van der Waals surface area contributed by atoms with E-state index in [-0.39, 0.29) is 0 Å². The van der Waals surface area contributed by atoms with Crippen molar-refractivity contribution in [1.29, 1.82) is 0 Å². The van der Waals surface area contributed by atoms with Crippen molar-refractivity contribution in [3.8, 4) is 5.75 Å². The maximum absolute atomic E-state index is 10.4. The fraction of sp³-hybridized carbons (Fsp3) is 0.333. The summed E-state index contributed by atoms with van der Waals surface area (Å²) in [5.41, 5.74) is 0.973. The van der Waals surface area contributed by atoms with Gasteiger partial charge in [0.1, 0.15) is 5.75 Å². The maximum atomic E-state index is 10.4. The second-order valence-electron chi connectivity index (χ2n) is 2.91.